The van der Waals surface area contributed by atoms with Crippen molar-refractivity contribution in [2.24, 2.45) is 5.41 Å². The molecular formula is C46H50ClFN10O6. The van der Waals surface area contributed by atoms with E-state index < -0.39 is 23.7 Å². The van der Waals surface area contributed by atoms with Crippen molar-refractivity contribution in [2.75, 3.05) is 68.5 Å². The number of nitrogens with zero attached hydrogens (tertiary/aromatic N) is 7. The monoisotopic (exact) mass is 892 g/mol. The fraction of sp³-hybridized carbons (Fsp3) is 0.413. The van der Waals surface area contributed by atoms with E-state index in [2.05, 4.69) is 30.4 Å². The molecule has 0 saturated carbocycles. The lowest BCUT2D eigenvalue weighted by atomic mass is 9.72. The van der Waals surface area contributed by atoms with Crippen LogP contribution in [0.4, 0.5) is 22.0 Å². The molecule has 64 heavy (non-hydrogen) atoms. The van der Waals surface area contributed by atoms with Gasteiger partial charge in [0.2, 0.25) is 17.8 Å². The minimum Gasteiger partial charge on any atom is -0.494 e. The number of aromatic nitrogens is 4. The second kappa shape index (κ2) is 18.5. The van der Waals surface area contributed by atoms with Gasteiger partial charge in [-0.1, -0.05) is 11.6 Å². The summed E-state index contributed by atoms with van der Waals surface area (Å²) in [5, 5.41) is 5.40. The second-order valence-electron chi connectivity index (χ2n) is 17.1. The molecule has 2 aromatic carbocycles. The maximum atomic E-state index is 15.8. The first-order valence-corrected chi connectivity index (χ1v) is 22.2. The third kappa shape index (κ3) is 9.10. The molecule has 334 valence electrons. The van der Waals surface area contributed by atoms with Crippen LogP contribution in [0.1, 0.15) is 77.6 Å². The van der Waals surface area contributed by atoms with Crippen molar-refractivity contribution in [1.82, 2.24) is 34.5 Å². The number of nitrogen functional groups attached to an aromatic ring is 1. The maximum Gasteiger partial charge on any atom is 0.256 e. The second-order valence-corrected chi connectivity index (χ2v) is 17.5. The number of pyridine rings is 1. The van der Waals surface area contributed by atoms with Gasteiger partial charge >= 0.3 is 0 Å². The van der Waals surface area contributed by atoms with Crippen LogP contribution in [0, 0.1) is 11.2 Å². The van der Waals surface area contributed by atoms with Gasteiger partial charge < -0.3 is 35.2 Å². The molecule has 0 aliphatic carbocycles. The van der Waals surface area contributed by atoms with Gasteiger partial charge in [-0.25, -0.2) is 19.3 Å². The summed E-state index contributed by atoms with van der Waals surface area (Å²) in [6.45, 7) is 7.07. The zero-order chi connectivity index (χ0) is 44.4. The average Bonchev–Trinajstić information content (AvgIpc) is 3.81. The van der Waals surface area contributed by atoms with E-state index in [-0.39, 0.29) is 46.4 Å². The number of ether oxygens (including phenoxy) is 2. The number of hydrogen-bond acceptors (Lipinski definition) is 12. The van der Waals surface area contributed by atoms with E-state index in [1.54, 1.807) is 47.6 Å². The molecule has 4 aliphatic rings. The predicted molar refractivity (Wildman–Crippen MR) is 238 cm³/mol. The number of nitrogens with one attached hydrogen (secondary N) is 2. The van der Waals surface area contributed by atoms with Gasteiger partial charge in [-0.3, -0.25) is 28.9 Å². The summed E-state index contributed by atoms with van der Waals surface area (Å²) in [4.78, 5) is 69.3. The van der Waals surface area contributed by atoms with Gasteiger partial charge in [0.15, 0.2) is 0 Å². The molecule has 3 saturated heterocycles. The van der Waals surface area contributed by atoms with Crippen LogP contribution in [0.2, 0.25) is 5.02 Å². The fourth-order valence-corrected chi connectivity index (χ4v) is 9.47. The van der Waals surface area contributed by atoms with Crippen LogP contribution >= 0.6 is 11.6 Å². The number of anilines is 3. The number of halogens is 2. The number of nitrogens with two attached hydrogens (primary N) is 1. The number of unbranched alkanes of at least 4 members (excludes halogenated alkanes) is 2. The Hall–Kier alpha value is -6.17. The lowest BCUT2D eigenvalue weighted by Gasteiger charge is -2.54. The highest BCUT2D eigenvalue weighted by Gasteiger charge is 2.45. The highest BCUT2D eigenvalue weighted by molar-refractivity contribution is 6.30. The first kappa shape index (κ1) is 43.1. The number of imide groups is 1. The molecule has 3 fully saturated rings. The third-order valence-corrected chi connectivity index (χ3v) is 12.9. The highest BCUT2D eigenvalue weighted by Crippen LogP contribution is 2.42. The third-order valence-electron chi connectivity index (χ3n) is 12.7. The van der Waals surface area contributed by atoms with Crippen LogP contribution in [0.25, 0.3) is 16.8 Å². The number of imidazole rings is 1. The first-order valence-electron chi connectivity index (χ1n) is 21.8. The van der Waals surface area contributed by atoms with E-state index in [1.165, 1.54) is 18.3 Å². The smallest absolute Gasteiger partial charge is 0.256 e. The molecule has 5 aromatic rings. The summed E-state index contributed by atoms with van der Waals surface area (Å²) in [5.74, 6) is -0.168. The highest BCUT2D eigenvalue weighted by atomic mass is 35.5. The molecule has 0 radical (unpaired) electrons. The Balaban J connectivity index is 0.674. The van der Waals surface area contributed by atoms with Gasteiger partial charge in [0.1, 0.15) is 40.5 Å². The van der Waals surface area contributed by atoms with Crippen LogP contribution in [0.15, 0.2) is 67.1 Å². The van der Waals surface area contributed by atoms with Crippen LogP contribution < -0.4 is 26.0 Å². The molecule has 3 aromatic heterocycles. The number of piperidine rings is 2. The van der Waals surface area contributed by atoms with Crippen molar-refractivity contribution in [3.05, 3.63) is 94.7 Å². The molecule has 1 unspecified atom stereocenters. The van der Waals surface area contributed by atoms with Crippen LogP contribution in [0.5, 0.6) is 5.75 Å². The van der Waals surface area contributed by atoms with Crippen LogP contribution in [-0.4, -0.2) is 111 Å². The Morgan fingerprint density at radius 1 is 0.953 bits per heavy atom. The van der Waals surface area contributed by atoms with Gasteiger partial charge in [0.05, 0.1) is 6.61 Å². The fourth-order valence-electron chi connectivity index (χ4n) is 9.31. The number of hydrogen-bond donors (Lipinski definition) is 3. The number of amides is 4. The first-order chi connectivity index (χ1) is 31.0. The number of carbonyl (C=O) groups is 4. The lowest BCUT2D eigenvalue weighted by Crippen LogP contribution is -2.60. The van der Waals surface area contributed by atoms with Crippen molar-refractivity contribution < 1.29 is 33.0 Å². The molecule has 9 rings (SSSR count). The summed E-state index contributed by atoms with van der Waals surface area (Å²) < 4.78 is 29.5. The number of rotatable bonds is 16. The summed E-state index contributed by atoms with van der Waals surface area (Å²) >= 11 is 6.01. The number of benzene rings is 2. The number of carbonyl (C=O) groups excluding carboxylic acids is 4. The quantitative estimate of drug-likeness (QED) is 0.0807. The van der Waals surface area contributed by atoms with Crippen molar-refractivity contribution in [1.29, 1.82) is 0 Å². The minimum absolute atomic E-state index is 0.122. The summed E-state index contributed by atoms with van der Waals surface area (Å²) in [6, 6.07) is 12.2. The normalized spacial score (nSPS) is 18.3. The molecule has 4 amide bonds. The average molecular weight is 893 g/mol. The van der Waals surface area contributed by atoms with Gasteiger partial charge in [-0.15, -0.1) is 0 Å². The molecule has 18 heteroatoms. The van der Waals surface area contributed by atoms with Gasteiger partial charge in [-0.2, -0.15) is 0 Å². The van der Waals surface area contributed by atoms with E-state index in [0.717, 1.165) is 83.4 Å². The number of fused-ring (bicyclic) bond motifs is 2. The topological polar surface area (TPSA) is 190 Å². The molecule has 1 atom stereocenters. The maximum absolute atomic E-state index is 15.8. The Morgan fingerprint density at radius 3 is 2.52 bits per heavy atom. The minimum atomic E-state index is -0.633. The van der Waals surface area contributed by atoms with Crippen molar-refractivity contribution >= 4 is 58.3 Å². The molecule has 0 bridgehead atoms. The van der Waals surface area contributed by atoms with Crippen molar-refractivity contribution in [2.45, 2.75) is 64.0 Å². The Morgan fingerprint density at radius 2 is 1.73 bits per heavy atom. The van der Waals surface area contributed by atoms with E-state index in [9.17, 15) is 19.2 Å². The van der Waals surface area contributed by atoms with E-state index >= 15 is 4.39 Å². The van der Waals surface area contributed by atoms with Gasteiger partial charge in [0, 0.05) is 92.7 Å². The zero-order valence-electron chi connectivity index (χ0n) is 35.4. The molecular weight excluding hydrogens is 843 g/mol. The molecule has 4 aliphatic heterocycles. The standard InChI is InChI=1S/C46H50ClFN10O6/c47-31-11-14-50-37(25-31)52-42(60)29-5-7-34(35(48)24-29)39-40-41(49)51-15-19-57(40)45(54-39)56-17-12-46(13-18-56)27-55(28-46)16-1-2-20-63-21-3-4-22-64-32-6-8-33-30(23-32)26-58(44(33)62)36-9-10-38(59)53-43(36)61/h5-8,11,14-15,19,23-25,36H,1-4,9-10,12-13,16-18,20-22,26-28H2,(H2,49,51)(H,50,52,60)(H,53,59,61). The van der Waals surface area contributed by atoms with E-state index in [1.807, 2.05) is 10.5 Å². The van der Waals surface area contributed by atoms with Crippen LogP contribution in [-0.2, 0) is 20.9 Å². The number of likely N-dealkylation sites (tertiary alicyclic amines) is 1. The van der Waals surface area contributed by atoms with Gasteiger partial charge in [-0.05, 0) is 111 Å². The Labute approximate surface area is 374 Å². The predicted octanol–water partition coefficient (Wildman–Crippen LogP) is 5.74. The van der Waals surface area contributed by atoms with Crippen molar-refractivity contribution in [3.63, 3.8) is 0 Å². The van der Waals surface area contributed by atoms with E-state index in [4.69, 9.17) is 31.8 Å². The largest absolute Gasteiger partial charge is 0.494 e. The zero-order valence-corrected chi connectivity index (χ0v) is 36.1. The lowest BCUT2D eigenvalue weighted by molar-refractivity contribution is -0.136. The van der Waals surface area contributed by atoms with Crippen molar-refractivity contribution in [3.8, 4) is 17.0 Å². The summed E-state index contributed by atoms with van der Waals surface area (Å²) in [6.07, 6.45) is 11.3. The van der Waals surface area contributed by atoms with Gasteiger partial charge in [0.25, 0.3) is 11.8 Å². The molecule has 7 heterocycles. The molecule has 4 N–H and O–H groups in total. The molecule has 1 spiro atoms. The Bertz CT molecular complexity index is 2590. The SMILES string of the molecule is Nc1nccn2c(N3CCC4(CC3)CN(CCCCOCCCCOc3ccc5c(c3)CN(C3CCC(=O)NC3=O)C5=O)C4)nc(-c3ccc(C(=O)Nc4cc(Cl)ccn4)cc3F)c12. The van der Waals surface area contributed by atoms with Crippen LogP contribution in [0.3, 0.4) is 0 Å². The molecule has 16 nitrogen and oxygen atoms in total. The summed E-state index contributed by atoms with van der Waals surface area (Å²) in [7, 11) is 0. The van der Waals surface area contributed by atoms with E-state index in [0.29, 0.717) is 59.7 Å². The Kier molecular flexibility index (Phi) is 12.5. The summed E-state index contributed by atoms with van der Waals surface area (Å²) in [5.41, 5.74) is 9.26.